The largest absolute Gasteiger partial charge is 0.465 e. The lowest BCUT2D eigenvalue weighted by molar-refractivity contribution is -0.123. The number of methoxy groups -OCH3 is 1. The highest BCUT2D eigenvalue weighted by Crippen LogP contribution is 2.64. The normalized spacial score (nSPS) is 27.1. The van der Waals surface area contributed by atoms with Gasteiger partial charge in [-0.05, 0) is 34.4 Å². The molecule has 1 heterocycles. The molecule has 3 aromatic rings. The second kappa shape index (κ2) is 6.39. The number of anilines is 1. The molecular formula is C27H21NO4. The van der Waals surface area contributed by atoms with Crippen LogP contribution in [0.25, 0.3) is 0 Å². The highest BCUT2D eigenvalue weighted by atomic mass is 16.5. The summed E-state index contributed by atoms with van der Waals surface area (Å²) in [5.74, 6) is -2.32. The van der Waals surface area contributed by atoms with Gasteiger partial charge in [0.05, 0.1) is 30.2 Å². The number of benzene rings is 3. The average molecular weight is 423 g/mol. The molecule has 0 spiro atoms. The number of nitrogens with zero attached hydrogens (tertiary/aromatic N) is 1. The summed E-state index contributed by atoms with van der Waals surface area (Å²) in [6.45, 7) is 2.08. The maximum absolute atomic E-state index is 14.0. The van der Waals surface area contributed by atoms with Crippen LogP contribution >= 0.6 is 0 Å². The molecule has 158 valence electrons. The highest BCUT2D eigenvalue weighted by molar-refractivity contribution is 6.25. The van der Waals surface area contributed by atoms with Crippen LogP contribution in [0.4, 0.5) is 5.69 Å². The first kappa shape index (κ1) is 19.0. The summed E-state index contributed by atoms with van der Waals surface area (Å²) in [6.07, 6.45) is 0. The smallest absolute Gasteiger partial charge is 0.339 e. The average Bonchev–Trinajstić information content (AvgIpc) is 3.10. The van der Waals surface area contributed by atoms with Gasteiger partial charge in [-0.2, -0.15) is 0 Å². The van der Waals surface area contributed by atoms with E-state index in [-0.39, 0.29) is 23.3 Å². The maximum Gasteiger partial charge on any atom is 0.339 e. The zero-order chi connectivity index (χ0) is 22.2. The third kappa shape index (κ3) is 2.11. The Kier molecular flexibility index (Phi) is 3.79. The SMILES string of the molecule is COC(=O)c1ccccc1N1C(=O)[C@H]2C3c4ccccc4C(C)(c4ccccc43)[C@H]2C1=O. The summed E-state index contributed by atoms with van der Waals surface area (Å²) >= 11 is 0. The van der Waals surface area contributed by atoms with Gasteiger partial charge in [0.1, 0.15) is 0 Å². The number of rotatable bonds is 2. The lowest BCUT2D eigenvalue weighted by Gasteiger charge is -2.52. The summed E-state index contributed by atoms with van der Waals surface area (Å²) in [5.41, 5.74) is 4.30. The summed E-state index contributed by atoms with van der Waals surface area (Å²) in [7, 11) is 1.29. The van der Waals surface area contributed by atoms with E-state index < -0.39 is 23.2 Å². The van der Waals surface area contributed by atoms with Gasteiger partial charge in [-0.25, -0.2) is 9.69 Å². The monoisotopic (exact) mass is 423 g/mol. The molecule has 7 rings (SSSR count). The molecule has 3 aromatic carbocycles. The number of carbonyl (C=O) groups is 3. The maximum atomic E-state index is 14.0. The van der Waals surface area contributed by atoms with Crippen LogP contribution < -0.4 is 4.90 Å². The molecular weight excluding hydrogens is 402 g/mol. The number of carbonyl (C=O) groups excluding carboxylic acids is 3. The lowest BCUT2D eigenvalue weighted by atomic mass is 9.48. The molecule has 4 aliphatic rings. The number of amides is 2. The number of hydrogen-bond donors (Lipinski definition) is 0. The van der Waals surface area contributed by atoms with E-state index in [4.69, 9.17) is 4.74 Å². The predicted octanol–water partition coefficient (Wildman–Crippen LogP) is 4.04. The van der Waals surface area contributed by atoms with Crippen LogP contribution in [0.15, 0.2) is 72.8 Å². The van der Waals surface area contributed by atoms with Gasteiger partial charge in [0.2, 0.25) is 11.8 Å². The molecule has 0 N–H and O–H groups in total. The fourth-order valence-corrected chi connectivity index (χ4v) is 6.34. The molecule has 32 heavy (non-hydrogen) atoms. The fraction of sp³-hybridized carbons (Fsp3) is 0.222. The van der Waals surface area contributed by atoms with E-state index in [9.17, 15) is 14.4 Å². The lowest BCUT2D eigenvalue weighted by Crippen LogP contribution is -2.51. The van der Waals surface area contributed by atoms with Crippen LogP contribution in [0.1, 0.15) is 45.5 Å². The molecule has 1 fully saturated rings. The molecule has 2 amide bonds. The van der Waals surface area contributed by atoms with Crippen LogP contribution in [-0.4, -0.2) is 24.9 Å². The molecule has 0 saturated carbocycles. The molecule has 5 nitrogen and oxygen atoms in total. The van der Waals surface area contributed by atoms with Gasteiger partial charge in [0.15, 0.2) is 0 Å². The van der Waals surface area contributed by atoms with Gasteiger partial charge in [-0.3, -0.25) is 9.59 Å². The number of para-hydroxylation sites is 1. The number of hydrogen-bond acceptors (Lipinski definition) is 4. The Morgan fingerprint density at radius 1 is 0.844 bits per heavy atom. The first-order chi connectivity index (χ1) is 15.5. The molecule has 5 heteroatoms. The minimum absolute atomic E-state index is 0.194. The molecule has 2 atom stereocenters. The Hall–Kier alpha value is -3.73. The van der Waals surface area contributed by atoms with Gasteiger partial charge in [0, 0.05) is 11.3 Å². The summed E-state index contributed by atoms with van der Waals surface area (Å²) in [4.78, 5) is 41.5. The Morgan fingerprint density at radius 3 is 2.03 bits per heavy atom. The van der Waals surface area contributed by atoms with Gasteiger partial charge in [-0.15, -0.1) is 0 Å². The molecule has 3 aliphatic carbocycles. The second-order valence-electron chi connectivity index (χ2n) is 8.88. The van der Waals surface area contributed by atoms with Gasteiger partial charge in [-0.1, -0.05) is 67.6 Å². The fourth-order valence-electron chi connectivity index (χ4n) is 6.34. The Morgan fingerprint density at radius 2 is 1.41 bits per heavy atom. The number of ether oxygens (including phenoxy) is 1. The molecule has 0 radical (unpaired) electrons. The topological polar surface area (TPSA) is 63.7 Å². The van der Waals surface area contributed by atoms with E-state index in [1.54, 1.807) is 24.3 Å². The van der Waals surface area contributed by atoms with E-state index >= 15 is 0 Å². The Bertz CT molecular complexity index is 1280. The van der Waals surface area contributed by atoms with Crippen molar-refractivity contribution < 1.29 is 19.1 Å². The van der Waals surface area contributed by atoms with Crippen molar-refractivity contribution in [2.45, 2.75) is 18.3 Å². The predicted molar refractivity (Wildman–Crippen MR) is 118 cm³/mol. The van der Waals surface area contributed by atoms with Crippen molar-refractivity contribution in [2.75, 3.05) is 12.0 Å². The van der Waals surface area contributed by atoms with Crippen LogP contribution in [-0.2, 0) is 19.7 Å². The van der Waals surface area contributed by atoms with Crippen LogP contribution in [0.3, 0.4) is 0 Å². The van der Waals surface area contributed by atoms with Crippen molar-refractivity contribution in [2.24, 2.45) is 11.8 Å². The van der Waals surface area contributed by atoms with E-state index in [0.29, 0.717) is 5.69 Å². The summed E-state index contributed by atoms with van der Waals surface area (Å²) in [6, 6.07) is 22.9. The third-order valence-electron chi connectivity index (χ3n) is 7.59. The molecule has 2 bridgehead atoms. The van der Waals surface area contributed by atoms with Crippen molar-refractivity contribution >= 4 is 23.5 Å². The first-order valence-electron chi connectivity index (χ1n) is 10.7. The standard InChI is InChI=1S/C27H21NO4/c1-27-18-12-6-3-9-15(18)21(16-10-4-7-13-19(16)27)22-23(27)25(30)28(24(22)29)20-14-8-5-11-17(20)26(31)32-2/h3-14,21-23H,1-2H3/t21?,22-,23+,27?/m0/s1. The van der Waals surface area contributed by atoms with Crippen LogP contribution in [0, 0.1) is 11.8 Å². The number of imide groups is 1. The summed E-state index contributed by atoms with van der Waals surface area (Å²) in [5, 5.41) is 0. The minimum atomic E-state index is -0.631. The van der Waals surface area contributed by atoms with Crippen LogP contribution in [0.5, 0.6) is 0 Å². The van der Waals surface area contributed by atoms with Crippen LogP contribution in [0.2, 0.25) is 0 Å². The third-order valence-corrected chi connectivity index (χ3v) is 7.59. The number of esters is 1. The van der Waals surface area contributed by atoms with E-state index in [2.05, 4.69) is 31.2 Å². The summed E-state index contributed by atoms with van der Waals surface area (Å²) < 4.78 is 4.91. The van der Waals surface area contributed by atoms with Gasteiger partial charge < -0.3 is 4.74 Å². The zero-order valence-corrected chi connectivity index (χ0v) is 17.7. The van der Waals surface area contributed by atoms with Crippen molar-refractivity contribution in [3.63, 3.8) is 0 Å². The highest BCUT2D eigenvalue weighted by Gasteiger charge is 2.66. The quantitative estimate of drug-likeness (QED) is 0.461. The Labute approximate surface area is 185 Å². The van der Waals surface area contributed by atoms with Crippen molar-refractivity contribution in [1.82, 2.24) is 0 Å². The minimum Gasteiger partial charge on any atom is -0.465 e. The molecule has 0 aromatic heterocycles. The first-order valence-corrected chi connectivity index (χ1v) is 10.7. The van der Waals surface area contributed by atoms with Gasteiger partial charge >= 0.3 is 5.97 Å². The molecule has 1 saturated heterocycles. The van der Waals surface area contributed by atoms with E-state index in [1.807, 2.05) is 24.3 Å². The van der Waals surface area contributed by atoms with Gasteiger partial charge in [0.25, 0.3) is 0 Å². The molecule has 1 aliphatic heterocycles. The Balaban J connectivity index is 1.60. The zero-order valence-electron chi connectivity index (χ0n) is 17.7. The van der Waals surface area contributed by atoms with Crippen molar-refractivity contribution in [3.05, 3.63) is 101 Å². The van der Waals surface area contributed by atoms with E-state index in [0.717, 1.165) is 22.3 Å². The van der Waals surface area contributed by atoms with E-state index in [1.165, 1.54) is 12.0 Å². The van der Waals surface area contributed by atoms with Crippen molar-refractivity contribution in [1.29, 1.82) is 0 Å². The molecule has 0 unspecified atom stereocenters. The van der Waals surface area contributed by atoms with Crippen molar-refractivity contribution in [3.8, 4) is 0 Å². The second-order valence-corrected chi connectivity index (χ2v) is 8.88.